The highest BCUT2D eigenvalue weighted by Gasteiger charge is 2.15. The van der Waals surface area contributed by atoms with Crippen molar-refractivity contribution < 1.29 is 4.42 Å². The highest BCUT2D eigenvalue weighted by molar-refractivity contribution is 7.15. The zero-order valence-corrected chi connectivity index (χ0v) is 13.0. The van der Waals surface area contributed by atoms with E-state index in [1.165, 1.54) is 11.3 Å². The van der Waals surface area contributed by atoms with Crippen LogP contribution in [-0.4, -0.2) is 14.6 Å². The normalized spacial score (nSPS) is 11.5. The molecule has 3 heterocycles. The third-order valence-electron chi connectivity index (χ3n) is 3.61. The molecule has 22 heavy (non-hydrogen) atoms. The van der Waals surface area contributed by atoms with Crippen molar-refractivity contribution in [2.45, 2.75) is 20.3 Å². The Morgan fingerprint density at radius 1 is 1.32 bits per heavy atom. The lowest BCUT2D eigenvalue weighted by Crippen LogP contribution is -2.05. The second kappa shape index (κ2) is 4.78. The monoisotopic (exact) mass is 311 g/mol. The fourth-order valence-electron chi connectivity index (χ4n) is 2.48. The van der Waals surface area contributed by atoms with Crippen LogP contribution < -0.4 is 5.63 Å². The Labute approximate surface area is 129 Å². The summed E-state index contributed by atoms with van der Waals surface area (Å²) in [7, 11) is 0. The van der Waals surface area contributed by atoms with Crippen molar-refractivity contribution in [1.29, 1.82) is 0 Å². The molecule has 3 aromatic heterocycles. The number of aryl methyl sites for hydroxylation is 2. The molecule has 1 aromatic carbocycles. The van der Waals surface area contributed by atoms with Gasteiger partial charge in [0.05, 0.1) is 11.3 Å². The number of fused-ring (bicyclic) bond motifs is 2. The molecule has 0 saturated carbocycles. The Kier molecular flexibility index (Phi) is 2.87. The van der Waals surface area contributed by atoms with Crippen LogP contribution in [0.1, 0.15) is 18.3 Å². The Morgan fingerprint density at radius 3 is 3.00 bits per heavy atom. The summed E-state index contributed by atoms with van der Waals surface area (Å²) in [5, 5.41) is 7.24. The second-order valence-electron chi connectivity index (χ2n) is 5.19. The van der Waals surface area contributed by atoms with Gasteiger partial charge in [-0.05, 0) is 25.1 Å². The third kappa shape index (κ3) is 1.95. The summed E-state index contributed by atoms with van der Waals surface area (Å²) in [5.41, 5.74) is 2.60. The van der Waals surface area contributed by atoms with Crippen LogP contribution in [0.15, 0.2) is 38.9 Å². The van der Waals surface area contributed by atoms with Gasteiger partial charge in [0, 0.05) is 17.2 Å². The molecule has 0 atom stereocenters. The van der Waals surface area contributed by atoms with Gasteiger partial charge in [-0.1, -0.05) is 18.6 Å². The first-order valence-corrected chi connectivity index (χ1v) is 7.91. The van der Waals surface area contributed by atoms with E-state index in [1.54, 1.807) is 4.52 Å². The van der Waals surface area contributed by atoms with Crippen molar-refractivity contribution in [2.24, 2.45) is 0 Å². The van der Waals surface area contributed by atoms with E-state index < -0.39 is 0 Å². The van der Waals surface area contributed by atoms with Crippen molar-refractivity contribution in [3.8, 4) is 11.3 Å². The van der Waals surface area contributed by atoms with Gasteiger partial charge in [0.2, 0.25) is 4.96 Å². The van der Waals surface area contributed by atoms with Crippen LogP contribution in [-0.2, 0) is 6.42 Å². The quantitative estimate of drug-likeness (QED) is 0.532. The van der Waals surface area contributed by atoms with E-state index in [2.05, 4.69) is 10.1 Å². The summed E-state index contributed by atoms with van der Waals surface area (Å²) >= 11 is 1.47. The summed E-state index contributed by atoms with van der Waals surface area (Å²) in [6.45, 7) is 4.02. The minimum atomic E-state index is -0.357. The molecule has 0 aliphatic rings. The molecule has 0 fully saturated rings. The average Bonchev–Trinajstić information content (AvgIpc) is 3.07. The van der Waals surface area contributed by atoms with Gasteiger partial charge in [0.25, 0.3) is 0 Å². The Hall–Kier alpha value is -2.47. The maximum atomic E-state index is 12.3. The minimum absolute atomic E-state index is 0.357. The topological polar surface area (TPSA) is 60.4 Å². The molecular weight excluding hydrogens is 298 g/mol. The van der Waals surface area contributed by atoms with E-state index in [0.29, 0.717) is 11.1 Å². The largest absolute Gasteiger partial charge is 0.422 e. The second-order valence-corrected chi connectivity index (χ2v) is 6.02. The molecule has 4 rings (SSSR count). The molecular formula is C16H13N3O2S. The first-order chi connectivity index (χ1) is 10.7. The molecule has 4 aromatic rings. The van der Waals surface area contributed by atoms with Gasteiger partial charge >= 0.3 is 5.63 Å². The van der Waals surface area contributed by atoms with Crippen LogP contribution in [0.5, 0.6) is 0 Å². The van der Waals surface area contributed by atoms with Crippen LogP contribution in [0.2, 0.25) is 0 Å². The third-order valence-corrected chi connectivity index (χ3v) is 4.42. The first kappa shape index (κ1) is 13.2. The number of nitrogens with zero attached hydrogens (tertiary/aromatic N) is 3. The van der Waals surface area contributed by atoms with Crippen molar-refractivity contribution in [3.05, 3.63) is 51.5 Å². The minimum Gasteiger partial charge on any atom is -0.422 e. The zero-order valence-electron chi connectivity index (χ0n) is 12.2. The fourth-order valence-corrected chi connectivity index (χ4v) is 3.32. The molecule has 0 N–H and O–H groups in total. The standard InChI is InChI=1S/C16H13N3O2S/c1-3-14-17-16-19(18-14)12(8-22-16)11-7-10-6-9(2)4-5-13(10)21-15(11)20/h4-8H,3H2,1-2H3. The molecule has 0 saturated heterocycles. The van der Waals surface area contributed by atoms with E-state index in [4.69, 9.17) is 4.42 Å². The maximum absolute atomic E-state index is 12.3. The average molecular weight is 311 g/mol. The van der Waals surface area contributed by atoms with Crippen molar-refractivity contribution >= 4 is 27.3 Å². The Balaban J connectivity index is 2.00. The van der Waals surface area contributed by atoms with E-state index in [0.717, 1.165) is 33.8 Å². The van der Waals surface area contributed by atoms with Crippen LogP contribution in [0, 0.1) is 6.92 Å². The zero-order chi connectivity index (χ0) is 15.3. The smallest absolute Gasteiger partial charge is 0.345 e. The summed E-state index contributed by atoms with van der Waals surface area (Å²) in [5.74, 6) is 0.772. The Morgan fingerprint density at radius 2 is 2.18 bits per heavy atom. The summed E-state index contributed by atoms with van der Waals surface area (Å²) in [6.07, 6.45) is 0.763. The van der Waals surface area contributed by atoms with E-state index in [9.17, 15) is 4.79 Å². The number of benzene rings is 1. The molecule has 0 bridgehead atoms. The molecule has 0 radical (unpaired) electrons. The van der Waals surface area contributed by atoms with Gasteiger partial charge in [0.15, 0.2) is 5.82 Å². The lowest BCUT2D eigenvalue weighted by molar-refractivity contribution is 0.563. The van der Waals surface area contributed by atoms with Gasteiger partial charge in [-0.2, -0.15) is 5.10 Å². The van der Waals surface area contributed by atoms with E-state index in [1.807, 2.05) is 43.5 Å². The number of thiazole rings is 1. The van der Waals surface area contributed by atoms with Crippen LogP contribution in [0.3, 0.4) is 0 Å². The first-order valence-electron chi connectivity index (χ1n) is 7.03. The van der Waals surface area contributed by atoms with Gasteiger partial charge in [-0.3, -0.25) is 0 Å². The lowest BCUT2D eigenvalue weighted by atomic mass is 10.1. The van der Waals surface area contributed by atoms with Crippen LogP contribution in [0.25, 0.3) is 27.2 Å². The van der Waals surface area contributed by atoms with Gasteiger partial charge in [0.1, 0.15) is 5.58 Å². The molecule has 0 unspecified atom stereocenters. The van der Waals surface area contributed by atoms with Crippen LogP contribution in [0.4, 0.5) is 0 Å². The molecule has 110 valence electrons. The van der Waals surface area contributed by atoms with Crippen LogP contribution >= 0.6 is 11.3 Å². The summed E-state index contributed by atoms with van der Waals surface area (Å²) in [4.78, 5) is 17.5. The van der Waals surface area contributed by atoms with Crippen molar-refractivity contribution in [2.75, 3.05) is 0 Å². The number of hydrogen-bond donors (Lipinski definition) is 0. The molecule has 0 aliphatic heterocycles. The molecule has 6 heteroatoms. The van der Waals surface area contributed by atoms with E-state index in [-0.39, 0.29) is 5.63 Å². The lowest BCUT2D eigenvalue weighted by Gasteiger charge is -2.02. The molecule has 0 spiro atoms. The van der Waals surface area contributed by atoms with E-state index >= 15 is 0 Å². The molecule has 0 amide bonds. The highest BCUT2D eigenvalue weighted by atomic mass is 32.1. The summed E-state index contributed by atoms with van der Waals surface area (Å²) < 4.78 is 7.16. The fraction of sp³-hybridized carbons (Fsp3) is 0.188. The predicted molar refractivity (Wildman–Crippen MR) is 86.5 cm³/mol. The number of aromatic nitrogens is 3. The highest BCUT2D eigenvalue weighted by Crippen LogP contribution is 2.25. The maximum Gasteiger partial charge on any atom is 0.345 e. The predicted octanol–water partition coefficient (Wildman–Crippen LogP) is 3.44. The van der Waals surface area contributed by atoms with Gasteiger partial charge in [-0.15, -0.1) is 11.3 Å². The molecule has 5 nitrogen and oxygen atoms in total. The summed E-state index contributed by atoms with van der Waals surface area (Å²) in [6, 6.07) is 7.62. The van der Waals surface area contributed by atoms with Crippen molar-refractivity contribution in [1.82, 2.24) is 14.6 Å². The Bertz CT molecular complexity index is 1060. The molecule has 0 aliphatic carbocycles. The SMILES string of the molecule is CCc1nc2scc(-c3cc4cc(C)ccc4oc3=O)n2n1. The van der Waals surface area contributed by atoms with Gasteiger partial charge in [-0.25, -0.2) is 14.3 Å². The van der Waals surface area contributed by atoms with Crippen molar-refractivity contribution in [3.63, 3.8) is 0 Å². The van der Waals surface area contributed by atoms with Gasteiger partial charge < -0.3 is 4.42 Å². The number of rotatable bonds is 2. The number of hydrogen-bond acceptors (Lipinski definition) is 5.